The molecule has 1 fully saturated rings. The monoisotopic (exact) mass is 277 g/mol. The summed E-state index contributed by atoms with van der Waals surface area (Å²) in [5.41, 5.74) is 0. The van der Waals surface area contributed by atoms with Crippen LogP contribution in [0, 0.1) is 0 Å². The average molecular weight is 277 g/mol. The molecule has 108 valence electrons. The molecule has 0 spiro atoms. The zero-order chi connectivity index (χ0) is 14.4. The first-order valence-corrected chi connectivity index (χ1v) is 6.85. The van der Waals surface area contributed by atoms with Crippen molar-refractivity contribution in [1.82, 2.24) is 14.9 Å². The van der Waals surface area contributed by atoms with Crippen LogP contribution in [0.3, 0.4) is 0 Å². The van der Waals surface area contributed by atoms with Gasteiger partial charge in [-0.2, -0.15) is 0 Å². The number of ketones is 1. The van der Waals surface area contributed by atoms with Gasteiger partial charge >= 0.3 is 0 Å². The smallest absolute Gasteiger partial charge is 0.232 e. The summed E-state index contributed by atoms with van der Waals surface area (Å²) in [6.07, 6.45) is 7.07. The van der Waals surface area contributed by atoms with E-state index in [0.29, 0.717) is 18.8 Å². The third kappa shape index (κ3) is 4.29. The molecule has 0 aliphatic carbocycles. The second-order valence-corrected chi connectivity index (χ2v) is 4.97. The number of piperidine rings is 1. The van der Waals surface area contributed by atoms with E-state index < -0.39 is 0 Å². The first-order valence-electron chi connectivity index (χ1n) is 6.85. The van der Waals surface area contributed by atoms with Crippen molar-refractivity contribution in [2.24, 2.45) is 0 Å². The fraction of sp³-hybridized carbons (Fsp3) is 0.571. The van der Waals surface area contributed by atoms with Crippen LogP contribution >= 0.6 is 0 Å². The Balaban J connectivity index is 1.85. The molecule has 0 bridgehead atoms. The summed E-state index contributed by atoms with van der Waals surface area (Å²) >= 11 is 0. The minimum absolute atomic E-state index is 0.0210. The number of carbonyl (C=O) groups excluding carboxylic acids is 2. The lowest BCUT2D eigenvalue weighted by Gasteiger charge is -2.32. The summed E-state index contributed by atoms with van der Waals surface area (Å²) in [7, 11) is 0. The van der Waals surface area contributed by atoms with Crippen molar-refractivity contribution >= 4 is 11.7 Å². The highest BCUT2D eigenvalue weighted by Crippen LogP contribution is 2.16. The van der Waals surface area contributed by atoms with Crippen LogP contribution in [0.4, 0.5) is 0 Å². The largest absolute Gasteiger partial charge is 0.471 e. The molecule has 6 heteroatoms. The number of likely N-dealkylation sites (tertiary alicyclic amines) is 1. The molecule has 1 aliphatic heterocycles. The van der Waals surface area contributed by atoms with Crippen molar-refractivity contribution in [2.45, 2.75) is 38.7 Å². The number of Topliss-reactive ketones (excluding diaryl/α,β-unsaturated/α-hetero) is 1. The van der Waals surface area contributed by atoms with Gasteiger partial charge in [0.05, 0.1) is 12.7 Å². The molecule has 1 amide bonds. The Bertz CT molecular complexity index is 464. The van der Waals surface area contributed by atoms with Crippen LogP contribution < -0.4 is 4.74 Å². The van der Waals surface area contributed by atoms with Crippen LogP contribution in [0.1, 0.15) is 32.6 Å². The van der Waals surface area contributed by atoms with E-state index in [1.54, 1.807) is 23.5 Å². The lowest BCUT2D eigenvalue weighted by molar-refractivity contribution is -0.135. The van der Waals surface area contributed by atoms with E-state index in [4.69, 9.17) is 4.74 Å². The van der Waals surface area contributed by atoms with Gasteiger partial charge in [-0.3, -0.25) is 9.78 Å². The Labute approximate surface area is 118 Å². The number of nitrogens with zero attached hydrogens (tertiary/aromatic N) is 3. The van der Waals surface area contributed by atoms with Gasteiger partial charge in [-0.25, -0.2) is 4.98 Å². The third-order valence-corrected chi connectivity index (χ3v) is 3.25. The standard InChI is InChI=1S/C14H19N3O3/c1-11(18)4-5-14(19)17-8-2-3-12(10-17)20-13-9-15-6-7-16-13/h6-7,9,12H,2-5,8,10H2,1H3. The first kappa shape index (κ1) is 14.4. The van der Waals surface area contributed by atoms with Gasteiger partial charge in [0.15, 0.2) is 0 Å². The predicted octanol–water partition coefficient (Wildman–Crippen LogP) is 1.22. The molecule has 0 radical (unpaired) electrons. The van der Waals surface area contributed by atoms with Crippen molar-refractivity contribution < 1.29 is 14.3 Å². The van der Waals surface area contributed by atoms with E-state index in [1.807, 2.05) is 0 Å². The third-order valence-electron chi connectivity index (χ3n) is 3.25. The molecule has 1 aromatic rings. The fourth-order valence-corrected chi connectivity index (χ4v) is 2.22. The molecule has 6 nitrogen and oxygen atoms in total. The summed E-state index contributed by atoms with van der Waals surface area (Å²) in [4.78, 5) is 32.7. The van der Waals surface area contributed by atoms with Gasteiger partial charge in [0.2, 0.25) is 11.8 Å². The van der Waals surface area contributed by atoms with Gasteiger partial charge in [-0.05, 0) is 19.8 Å². The van der Waals surface area contributed by atoms with E-state index in [0.717, 1.165) is 19.4 Å². The predicted molar refractivity (Wildman–Crippen MR) is 72.2 cm³/mol. The molecule has 0 N–H and O–H groups in total. The molecule has 2 heterocycles. The van der Waals surface area contributed by atoms with Gasteiger partial charge in [0, 0.05) is 31.8 Å². The molecule has 0 aromatic carbocycles. The molecule has 1 aliphatic rings. The van der Waals surface area contributed by atoms with Crippen LogP contribution in [0.5, 0.6) is 5.88 Å². The molecule has 1 atom stereocenters. The average Bonchev–Trinajstić information content (AvgIpc) is 2.46. The van der Waals surface area contributed by atoms with E-state index in [-0.39, 0.29) is 24.2 Å². The van der Waals surface area contributed by atoms with Crippen molar-refractivity contribution in [1.29, 1.82) is 0 Å². The second-order valence-electron chi connectivity index (χ2n) is 4.97. The molecule has 1 aromatic heterocycles. The maximum Gasteiger partial charge on any atom is 0.232 e. The number of rotatable bonds is 5. The maximum atomic E-state index is 12.0. The molecular weight excluding hydrogens is 258 g/mol. The van der Waals surface area contributed by atoms with Crippen LogP contribution in [0.2, 0.25) is 0 Å². The summed E-state index contributed by atoms with van der Waals surface area (Å²) in [6.45, 7) is 2.79. The molecular formula is C14H19N3O3. The Hall–Kier alpha value is -1.98. The Morgan fingerprint density at radius 1 is 1.40 bits per heavy atom. The Morgan fingerprint density at radius 3 is 2.95 bits per heavy atom. The maximum absolute atomic E-state index is 12.0. The van der Waals surface area contributed by atoms with E-state index >= 15 is 0 Å². The topological polar surface area (TPSA) is 72.4 Å². The molecule has 1 saturated heterocycles. The van der Waals surface area contributed by atoms with Crippen molar-refractivity contribution in [3.8, 4) is 5.88 Å². The van der Waals surface area contributed by atoms with E-state index in [9.17, 15) is 9.59 Å². The van der Waals surface area contributed by atoms with Crippen molar-refractivity contribution in [3.05, 3.63) is 18.6 Å². The molecule has 20 heavy (non-hydrogen) atoms. The SMILES string of the molecule is CC(=O)CCC(=O)N1CCCC(Oc2cnccn2)C1. The fourth-order valence-electron chi connectivity index (χ4n) is 2.22. The quantitative estimate of drug-likeness (QED) is 0.809. The second kappa shape index (κ2) is 6.98. The first-order chi connectivity index (χ1) is 9.65. The lowest BCUT2D eigenvalue weighted by Crippen LogP contribution is -2.44. The van der Waals surface area contributed by atoms with E-state index in [1.165, 1.54) is 6.92 Å². The number of hydrogen-bond acceptors (Lipinski definition) is 5. The normalized spacial score (nSPS) is 18.6. The van der Waals surface area contributed by atoms with E-state index in [2.05, 4.69) is 9.97 Å². The minimum Gasteiger partial charge on any atom is -0.471 e. The number of aromatic nitrogens is 2. The van der Waals surface area contributed by atoms with Crippen LogP contribution in [-0.4, -0.2) is 45.8 Å². The van der Waals surface area contributed by atoms with Gasteiger partial charge in [0.1, 0.15) is 11.9 Å². The summed E-state index contributed by atoms with van der Waals surface area (Å²) in [5.74, 6) is 0.547. The highest BCUT2D eigenvalue weighted by atomic mass is 16.5. The summed E-state index contributed by atoms with van der Waals surface area (Å²) in [5, 5.41) is 0. The number of amides is 1. The van der Waals surface area contributed by atoms with Gasteiger partial charge in [0.25, 0.3) is 0 Å². The summed E-state index contributed by atoms with van der Waals surface area (Å²) < 4.78 is 5.73. The highest BCUT2D eigenvalue weighted by molar-refractivity contribution is 5.83. The van der Waals surface area contributed by atoms with Gasteiger partial charge in [-0.15, -0.1) is 0 Å². The van der Waals surface area contributed by atoms with Crippen molar-refractivity contribution in [2.75, 3.05) is 13.1 Å². The number of hydrogen-bond donors (Lipinski definition) is 0. The van der Waals surface area contributed by atoms with Gasteiger partial charge in [-0.1, -0.05) is 0 Å². The number of ether oxygens (including phenoxy) is 1. The zero-order valence-electron chi connectivity index (χ0n) is 11.6. The zero-order valence-corrected chi connectivity index (χ0v) is 11.6. The minimum atomic E-state index is -0.0540. The lowest BCUT2D eigenvalue weighted by atomic mass is 10.1. The van der Waals surface area contributed by atoms with Crippen LogP contribution in [-0.2, 0) is 9.59 Å². The highest BCUT2D eigenvalue weighted by Gasteiger charge is 2.25. The van der Waals surface area contributed by atoms with Crippen molar-refractivity contribution in [3.63, 3.8) is 0 Å². The number of carbonyl (C=O) groups is 2. The van der Waals surface area contributed by atoms with Crippen LogP contribution in [0.15, 0.2) is 18.6 Å². The Kier molecular flexibility index (Phi) is 5.03. The Morgan fingerprint density at radius 2 is 2.25 bits per heavy atom. The summed E-state index contributed by atoms with van der Waals surface area (Å²) in [6, 6.07) is 0. The van der Waals surface area contributed by atoms with Gasteiger partial charge < -0.3 is 14.4 Å². The molecule has 1 unspecified atom stereocenters. The van der Waals surface area contributed by atoms with Crippen LogP contribution in [0.25, 0.3) is 0 Å². The molecule has 2 rings (SSSR count). The molecule has 0 saturated carbocycles.